The van der Waals surface area contributed by atoms with Gasteiger partial charge < -0.3 is 4.52 Å². The molecule has 21 heavy (non-hydrogen) atoms. The Morgan fingerprint density at radius 3 is 3.29 bits per heavy atom. The minimum atomic E-state index is 0.790. The van der Waals surface area contributed by atoms with Gasteiger partial charge in [0.25, 0.3) is 0 Å². The highest BCUT2D eigenvalue weighted by atomic mass is 32.1. The van der Waals surface area contributed by atoms with E-state index in [9.17, 15) is 0 Å². The minimum Gasteiger partial charge on any atom is -0.355 e. The van der Waals surface area contributed by atoms with E-state index in [0.29, 0.717) is 0 Å². The predicted molar refractivity (Wildman–Crippen MR) is 79.7 cm³/mol. The van der Waals surface area contributed by atoms with Gasteiger partial charge in [0.15, 0.2) is 5.76 Å². The summed E-state index contributed by atoms with van der Waals surface area (Å²) in [4.78, 5) is 11.9. The molecule has 0 spiro atoms. The summed E-state index contributed by atoms with van der Waals surface area (Å²) in [5, 5.41) is 6.22. The van der Waals surface area contributed by atoms with Gasteiger partial charge in [0, 0.05) is 31.9 Å². The van der Waals surface area contributed by atoms with Crippen molar-refractivity contribution in [3.05, 3.63) is 53.1 Å². The van der Waals surface area contributed by atoms with Crippen molar-refractivity contribution in [1.29, 1.82) is 0 Å². The topological polar surface area (TPSA) is 55.1 Å². The van der Waals surface area contributed by atoms with Gasteiger partial charge in [-0.1, -0.05) is 11.2 Å². The van der Waals surface area contributed by atoms with Crippen LogP contribution in [0.15, 0.2) is 40.6 Å². The first-order valence-electron chi connectivity index (χ1n) is 6.88. The van der Waals surface area contributed by atoms with Gasteiger partial charge in [0.2, 0.25) is 0 Å². The van der Waals surface area contributed by atoms with Crippen molar-refractivity contribution in [2.75, 3.05) is 6.54 Å². The van der Waals surface area contributed by atoms with Gasteiger partial charge in [0.05, 0.1) is 16.3 Å². The highest BCUT2D eigenvalue weighted by molar-refractivity contribution is 7.13. The fraction of sp³-hybridized carbons (Fsp3) is 0.267. The molecule has 3 aromatic rings. The normalized spacial score (nSPS) is 15.0. The quantitative estimate of drug-likeness (QED) is 0.744. The van der Waals surface area contributed by atoms with Crippen LogP contribution in [0.5, 0.6) is 0 Å². The lowest BCUT2D eigenvalue weighted by Crippen LogP contribution is -2.30. The molecule has 0 bridgehead atoms. The third-order valence-corrected chi connectivity index (χ3v) is 4.55. The Morgan fingerprint density at radius 1 is 1.38 bits per heavy atom. The zero-order valence-electron chi connectivity index (χ0n) is 11.4. The molecule has 0 saturated heterocycles. The molecule has 1 aliphatic rings. The lowest BCUT2D eigenvalue weighted by molar-refractivity contribution is 0.233. The van der Waals surface area contributed by atoms with Gasteiger partial charge >= 0.3 is 0 Å². The van der Waals surface area contributed by atoms with E-state index in [1.807, 2.05) is 29.8 Å². The van der Waals surface area contributed by atoms with E-state index in [0.717, 1.165) is 48.1 Å². The highest BCUT2D eigenvalue weighted by Gasteiger charge is 2.19. The second-order valence-corrected chi connectivity index (χ2v) is 6.06. The maximum absolute atomic E-state index is 5.43. The molecule has 0 atom stereocenters. The molecule has 106 valence electrons. The fourth-order valence-corrected chi connectivity index (χ4v) is 3.26. The molecular weight excluding hydrogens is 284 g/mol. The SMILES string of the molecule is c1csc(-c2cc(CN3CCc4cncnc4C3)no2)c1. The first kappa shape index (κ1) is 12.7. The summed E-state index contributed by atoms with van der Waals surface area (Å²) in [6, 6.07) is 6.09. The summed E-state index contributed by atoms with van der Waals surface area (Å²) in [7, 11) is 0. The number of aromatic nitrogens is 3. The molecule has 4 rings (SSSR count). The molecule has 0 unspecified atom stereocenters. The maximum atomic E-state index is 5.43. The van der Waals surface area contributed by atoms with Gasteiger partial charge in [-0.05, 0) is 23.4 Å². The Hall–Kier alpha value is -2.05. The van der Waals surface area contributed by atoms with Crippen molar-refractivity contribution in [1.82, 2.24) is 20.0 Å². The molecule has 0 aromatic carbocycles. The summed E-state index contributed by atoms with van der Waals surface area (Å²) in [6.45, 7) is 2.64. The molecule has 1 aliphatic heterocycles. The predicted octanol–water partition coefficient (Wildman–Crippen LogP) is 2.75. The average molecular weight is 298 g/mol. The summed E-state index contributed by atoms with van der Waals surface area (Å²) >= 11 is 1.66. The highest BCUT2D eigenvalue weighted by Crippen LogP contribution is 2.26. The van der Waals surface area contributed by atoms with E-state index in [2.05, 4.69) is 20.0 Å². The Bertz CT molecular complexity index is 738. The molecule has 0 N–H and O–H groups in total. The van der Waals surface area contributed by atoms with Gasteiger partial charge in [-0.2, -0.15) is 0 Å². The molecule has 0 radical (unpaired) electrons. The molecule has 3 aromatic heterocycles. The van der Waals surface area contributed by atoms with Crippen LogP contribution >= 0.6 is 11.3 Å². The van der Waals surface area contributed by atoms with Crippen LogP contribution in [0, 0.1) is 0 Å². The van der Waals surface area contributed by atoms with Crippen LogP contribution < -0.4 is 0 Å². The van der Waals surface area contributed by atoms with E-state index in [-0.39, 0.29) is 0 Å². The number of nitrogens with zero attached hydrogens (tertiary/aromatic N) is 4. The van der Waals surface area contributed by atoms with Crippen LogP contribution in [0.3, 0.4) is 0 Å². The van der Waals surface area contributed by atoms with Gasteiger partial charge in [0.1, 0.15) is 6.33 Å². The summed E-state index contributed by atoms with van der Waals surface area (Å²) in [5.74, 6) is 0.847. The molecule has 6 heteroatoms. The first-order valence-corrected chi connectivity index (χ1v) is 7.76. The monoisotopic (exact) mass is 298 g/mol. The van der Waals surface area contributed by atoms with Crippen molar-refractivity contribution in [3.8, 4) is 10.6 Å². The number of hydrogen-bond donors (Lipinski definition) is 0. The second-order valence-electron chi connectivity index (χ2n) is 5.12. The van der Waals surface area contributed by atoms with E-state index in [4.69, 9.17) is 4.52 Å². The number of rotatable bonds is 3. The van der Waals surface area contributed by atoms with Crippen LogP contribution in [0.4, 0.5) is 0 Å². The van der Waals surface area contributed by atoms with Crippen molar-refractivity contribution in [2.24, 2.45) is 0 Å². The van der Waals surface area contributed by atoms with E-state index in [1.165, 1.54) is 5.56 Å². The third kappa shape index (κ3) is 2.59. The summed E-state index contributed by atoms with van der Waals surface area (Å²) < 4.78 is 5.43. The smallest absolute Gasteiger partial charge is 0.177 e. The molecular formula is C15H14N4OS. The fourth-order valence-electron chi connectivity index (χ4n) is 2.59. The zero-order chi connectivity index (χ0) is 14.1. The van der Waals surface area contributed by atoms with E-state index < -0.39 is 0 Å². The van der Waals surface area contributed by atoms with Crippen LogP contribution in [0.1, 0.15) is 17.0 Å². The molecule has 5 nitrogen and oxygen atoms in total. The van der Waals surface area contributed by atoms with Crippen LogP contribution in [-0.4, -0.2) is 26.6 Å². The zero-order valence-corrected chi connectivity index (χ0v) is 12.2. The van der Waals surface area contributed by atoms with Crippen molar-refractivity contribution in [2.45, 2.75) is 19.5 Å². The summed E-state index contributed by atoms with van der Waals surface area (Å²) in [6.07, 6.45) is 4.53. The van der Waals surface area contributed by atoms with Gasteiger partial charge in [-0.25, -0.2) is 9.97 Å². The maximum Gasteiger partial charge on any atom is 0.177 e. The Morgan fingerprint density at radius 2 is 2.38 bits per heavy atom. The van der Waals surface area contributed by atoms with Crippen LogP contribution in [0.25, 0.3) is 10.6 Å². The van der Waals surface area contributed by atoms with E-state index >= 15 is 0 Å². The molecule has 0 amide bonds. The summed E-state index contributed by atoms with van der Waals surface area (Å²) in [5.41, 5.74) is 3.35. The number of thiophene rings is 1. The Labute approximate surface area is 126 Å². The Kier molecular flexibility index (Phi) is 3.25. The van der Waals surface area contributed by atoms with Gasteiger partial charge in [-0.15, -0.1) is 11.3 Å². The standard InChI is InChI=1S/C15H14N4OS/c1-2-15(21-5-1)14-6-12(18-20-14)8-19-4-3-11-7-16-10-17-13(11)9-19/h1-2,5-7,10H,3-4,8-9H2. The lowest BCUT2D eigenvalue weighted by Gasteiger charge is -2.26. The second kappa shape index (κ2) is 5.38. The first-order chi connectivity index (χ1) is 10.4. The van der Waals surface area contributed by atoms with E-state index in [1.54, 1.807) is 17.7 Å². The minimum absolute atomic E-state index is 0.790. The number of fused-ring (bicyclic) bond motifs is 1. The number of hydrogen-bond acceptors (Lipinski definition) is 6. The van der Waals surface area contributed by atoms with Crippen molar-refractivity contribution < 1.29 is 4.52 Å². The van der Waals surface area contributed by atoms with Gasteiger partial charge in [-0.3, -0.25) is 4.90 Å². The average Bonchev–Trinajstić information content (AvgIpc) is 3.18. The van der Waals surface area contributed by atoms with Crippen LogP contribution in [-0.2, 0) is 19.5 Å². The molecule has 0 aliphatic carbocycles. The Balaban J connectivity index is 1.48. The lowest BCUT2D eigenvalue weighted by atomic mass is 10.1. The molecule has 0 saturated carbocycles. The third-order valence-electron chi connectivity index (χ3n) is 3.66. The molecule has 0 fully saturated rings. The molecule has 4 heterocycles. The van der Waals surface area contributed by atoms with Crippen molar-refractivity contribution in [3.63, 3.8) is 0 Å². The largest absolute Gasteiger partial charge is 0.355 e. The van der Waals surface area contributed by atoms with Crippen LogP contribution in [0.2, 0.25) is 0 Å². The van der Waals surface area contributed by atoms with Crippen molar-refractivity contribution >= 4 is 11.3 Å².